The van der Waals surface area contributed by atoms with Gasteiger partial charge in [-0.25, -0.2) is 4.79 Å². The van der Waals surface area contributed by atoms with Gasteiger partial charge in [-0.15, -0.1) is 0 Å². The predicted octanol–water partition coefficient (Wildman–Crippen LogP) is 3.37. The van der Waals surface area contributed by atoms with Gasteiger partial charge in [0.2, 0.25) is 0 Å². The number of nitro groups is 1. The molecule has 0 spiro atoms. The molecule has 0 aliphatic heterocycles. The van der Waals surface area contributed by atoms with Crippen molar-refractivity contribution >= 4 is 17.7 Å². The van der Waals surface area contributed by atoms with Crippen LogP contribution in [0.15, 0.2) is 48.5 Å². The SMILES string of the molecule is COC(=O)/C=C/c1cc(OC)c(OCc2ccccc2)cc1[N+](=O)[O-]. The van der Waals surface area contributed by atoms with Crippen LogP contribution in [0.1, 0.15) is 11.1 Å². The van der Waals surface area contributed by atoms with E-state index in [-0.39, 0.29) is 23.6 Å². The van der Waals surface area contributed by atoms with Crippen molar-refractivity contribution in [3.05, 3.63) is 69.8 Å². The van der Waals surface area contributed by atoms with Crippen LogP contribution in [0.25, 0.3) is 6.08 Å². The number of rotatable bonds is 7. The van der Waals surface area contributed by atoms with Crippen molar-refractivity contribution < 1.29 is 23.9 Å². The lowest BCUT2D eigenvalue weighted by molar-refractivity contribution is -0.385. The number of benzene rings is 2. The molecule has 0 atom stereocenters. The molecular weight excluding hydrogens is 326 g/mol. The minimum absolute atomic E-state index is 0.205. The second-order valence-corrected chi connectivity index (χ2v) is 4.95. The predicted molar refractivity (Wildman–Crippen MR) is 91.5 cm³/mol. The number of nitro benzene ring substituents is 1. The molecule has 0 radical (unpaired) electrons. The van der Waals surface area contributed by atoms with Gasteiger partial charge >= 0.3 is 5.97 Å². The van der Waals surface area contributed by atoms with Gasteiger partial charge in [0.25, 0.3) is 5.69 Å². The maximum atomic E-state index is 11.3. The Kier molecular flexibility index (Phi) is 6.11. The molecule has 2 rings (SSSR count). The molecule has 0 fully saturated rings. The third kappa shape index (κ3) is 4.81. The van der Waals surface area contributed by atoms with Crippen molar-refractivity contribution in [3.8, 4) is 11.5 Å². The Balaban J connectivity index is 2.33. The van der Waals surface area contributed by atoms with E-state index in [1.54, 1.807) is 0 Å². The topological polar surface area (TPSA) is 87.9 Å². The molecule has 0 heterocycles. The van der Waals surface area contributed by atoms with E-state index in [0.717, 1.165) is 11.6 Å². The first-order valence-electron chi connectivity index (χ1n) is 7.34. The Hall–Kier alpha value is -3.35. The normalized spacial score (nSPS) is 10.5. The molecular formula is C18H17NO6. The Labute approximate surface area is 144 Å². The Morgan fingerprint density at radius 1 is 1.16 bits per heavy atom. The summed E-state index contributed by atoms with van der Waals surface area (Å²) in [4.78, 5) is 22.0. The molecule has 0 aliphatic carbocycles. The van der Waals surface area contributed by atoms with Gasteiger partial charge in [-0.05, 0) is 17.7 Å². The summed E-state index contributed by atoms with van der Waals surface area (Å²) in [5, 5.41) is 11.3. The summed E-state index contributed by atoms with van der Waals surface area (Å²) in [6, 6.07) is 12.1. The summed E-state index contributed by atoms with van der Waals surface area (Å²) in [5.74, 6) is -0.0445. The van der Waals surface area contributed by atoms with Gasteiger partial charge in [0.05, 0.1) is 30.8 Å². The maximum Gasteiger partial charge on any atom is 0.330 e. The largest absolute Gasteiger partial charge is 0.493 e. The summed E-state index contributed by atoms with van der Waals surface area (Å²) in [7, 11) is 2.66. The van der Waals surface area contributed by atoms with Crippen LogP contribution in [0, 0.1) is 10.1 Å². The fourth-order valence-electron chi connectivity index (χ4n) is 2.09. The van der Waals surface area contributed by atoms with Crippen LogP contribution < -0.4 is 9.47 Å². The van der Waals surface area contributed by atoms with Gasteiger partial charge in [-0.1, -0.05) is 30.3 Å². The highest BCUT2D eigenvalue weighted by atomic mass is 16.6. The minimum Gasteiger partial charge on any atom is -0.493 e. The molecule has 0 saturated heterocycles. The summed E-state index contributed by atoms with van der Waals surface area (Å²) >= 11 is 0. The summed E-state index contributed by atoms with van der Waals surface area (Å²) in [6.45, 7) is 0.242. The molecule has 0 unspecified atom stereocenters. The summed E-state index contributed by atoms with van der Waals surface area (Å²) in [6.07, 6.45) is 2.40. The van der Waals surface area contributed by atoms with Gasteiger partial charge in [-0.3, -0.25) is 10.1 Å². The highest BCUT2D eigenvalue weighted by molar-refractivity contribution is 5.88. The van der Waals surface area contributed by atoms with Gasteiger partial charge in [0, 0.05) is 6.08 Å². The van der Waals surface area contributed by atoms with Crippen LogP contribution in [-0.4, -0.2) is 25.1 Å². The Bertz CT molecular complexity index is 786. The van der Waals surface area contributed by atoms with Crippen molar-refractivity contribution in [2.45, 2.75) is 6.61 Å². The average Bonchev–Trinajstić information content (AvgIpc) is 2.64. The minimum atomic E-state index is -0.613. The van der Waals surface area contributed by atoms with Crippen molar-refractivity contribution in [2.75, 3.05) is 14.2 Å². The molecule has 0 N–H and O–H groups in total. The van der Waals surface area contributed by atoms with Crippen LogP contribution in [0.3, 0.4) is 0 Å². The van der Waals surface area contributed by atoms with E-state index in [1.165, 1.54) is 32.4 Å². The number of ether oxygens (including phenoxy) is 3. The van der Waals surface area contributed by atoms with Gasteiger partial charge < -0.3 is 14.2 Å². The van der Waals surface area contributed by atoms with E-state index in [1.807, 2.05) is 30.3 Å². The molecule has 0 saturated carbocycles. The van der Waals surface area contributed by atoms with Gasteiger partial charge in [0.15, 0.2) is 11.5 Å². The van der Waals surface area contributed by atoms with Crippen LogP contribution in [-0.2, 0) is 16.1 Å². The number of esters is 1. The van der Waals surface area contributed by atoms with Gasteiger partial charge in [0.1, 0.15) is 6.61 Å². The number of methoxy groups -OCH3 is 2. The van der Waals surface area contributed by atoms with Crippen LogP contribution in [0.4, 0.5) is 5.69 Å². The highest BCUT2D eigenvalue weighted by Gasteiger charge is 2.18. The quantitative estimate of drug-likeness (QED) is 0.331. The molecule has 2 aromatic rings. The smallest absolute Gasteiger partial charge is 0.330 e. The molecule has 0 aromatic heterocycles. The molecule has 130 valence electrons. The summed E-state index contributed by atoms with van der Waals surface area (Å²) in [5.41, 5.74) is 0.921. The number of nitrogens with zero attached hydrogens (tertiary/aromatic N) is 1. The monoisotopic (exact) mass is 343 g/mol. The molecule has 0 aliphatic rings. The van der Waals surface area contributed by atoms with Crippen molar-refractivity contribution in [2.24, 2.45) is 0 Å². The third-order valence-corrected chi connectivity index (χ3v) is 3.35. The first kappa shape index (κ1) is 18.0. The van der Waals surface area contributed by atoms with E-state index < -0.39 is 10.9 Å². The zero-order chi connectivity index (χ0) is 18.2. The standard InChI is InChI=1S/C18H17NO6/c1-23-16-10-14(8-9-18(20)24-2)15(19(21)22)11-17(16)25-12-13-6-4-3-5-7-13/h3-11H,12H2,1-2H3/b9-8+. The van der Waals surface area contributed by atoms with Crippen molar-refractivity contribution in [3.63, 3.8) is 0 Å². The number of carbonyl (C=O) groups is 1. The Morgan fingerprint density at radius 2 is 1.88 bits per heavy atom. The zero-order valence-corrected chi connectivity index (χ0v) is 13.8. The lowest BCUT2D eigenvalue weighted by Gasteiger charge is -2.12. The van der Waals surface area contributed by atoms with E-state index in [4.69, 9.17) is 9.47 Å². The second-order valence-electron chi connectivity index (χ2n) is 4.95. The van der Waals surface area contributed by atoms with Crippen LogP contribution >= 0.6 is 0 Å². The van der Waals surface area contributed by atoms with E-state index in [0.29, 0.717) is 5.75 Å². The van der Waals surface area contributed by atoms with Crippen LogP contribution in [0.5, 0.6) is 11.5 Å². The molecule has 25 heavy (non-hydrogen) atoms. The molecule has 2 aromatic carbocycles. The second kappa shape index (κ2) is 8.49. The Morgan fingerprint density at radius 3 is 2.48 bits per heavy atom. The van der Waals surface area contributed by atoms with E-state index >= 15 is 0 Å². The van der Waals surface area contributed by atoms with E-state index in [2.05, 4.69) is 4.74 Å². The van der Waals surface area contributed by atoms with Crippen molar-refractivity contribution in [1.29, 1.82) is 0 Å². The first-order valence-corrected chi connectivity index (χ1v) is 7.34. The summed E-state index contributed by atoms with van der Waals surface area (Å²) < 4.78 is 15.4. The van der Waals surface area contributed by atoms with Gasteiger partial charge in [-0.2, -0.15) is 0 Å². The molecule has 0 bridgehead atoms. The molecule has 0 amide bonds. The van der Waals surface area contributed by atoms with E-state index in [9.17, 15) is 14.9 Å². The number of hydrogen-bond donors (Lipinski definition) is 0. The number of hydrogen-bond acceptors (Lipinski definition) is 6. The number of carbonyl (C=O) groups excluding carboxylic acids is 1. The molecule has 7 heteroatoms. The highest BCUT2D eigenvalue weighted by Crippen LogP contribution is 2.35. The fourth-order valence-corrected chi connectivity index (χ4v) is 2.09. The first-order chi connectivity index (χ1) is 12.0. The van der Waals surface area contributed by atoms with Crippen molar-refractivity contribution in [1.82, 2.24) is 0 Å². The lowest BCUT2D eigenvalue weighted by atomic mass is 10.1. The zero-order valence-electron chi connectivity index (χ0n) is 13.8. The third-order valence-electron chi connectivity index (χ3n) is 3.35. The average molecular weight is 343 g/mol. The fraction of sp³-hybridized carbons (Fsp3) is 0.167. The molecule has 7 nitrogen and oxygen atoms in total. The van der Waals surface area contributed by atoms with Crippen LogP contribution in [0.2, 0.25) is 0 Å². The lowest BCUT2D eigenvalue weighted by Crippen LogP contribution is -2.01. The maximum absolute atomic E-state index is 11.3.